The minimum Gasteiger partial charge on any atom is -0.310 e. The van der Waals surface area contributed by atoms with Gasteiger partial charge >= 0.3 is 0 Å². The summed E-state index contributed by atoms with van der Waals surface area (Å²) in [5, 5.41) is 0. The first-order valence-electron chi connectivity index (χ1n) is 28.1. The molecule has 0 heterocycles. The van der Waals surface area contributed by atoms with Gasteiger partial charge in [-0.05, 0) is 212 Å². The second kappa shape index (κ2) is 18.7. The normalized spacial score (nSPS) is 14.7. The quantitative estimate of drug-likeness (QED) is 0.126. The first-order valence-corrected chi connectivity index (χ1v) is 28.1. The van der Waals surface area contributed by atoms with Gasteiger partial charge in [0.1, 0.15) is 0 Å². The van der Waals surface area contributed by atoms with E-state index in [0.29, 0.717) is 0 Å². The van der Waals surface area contributed by atoms with Crippen molar-refractivity contribution in [1.29, 1.82) is 0 Å². The number of anilines is 6. The summed E-state index contributed by atoms with van der Waals surface area (Å²) < 4.78 is 0. The lowest BCUT2D eigenvalue weighted by Crippen LogP contribution is -2.16. The highest BCUT2D eigenvalue weighted by molar-refractivity contribution is 5.90. The third kappa shape index (κ3) is 8.57. The topological polar surface area (TPSA) is 6.48 Å². The summed E-state index contributed by atoms with van der Waals surface area (Å²) in [6.07, 6.45) is 9.19. The van der Waals surface area contributed by atoms with Crippen LogP contribution in [0.5, 0.6) is 0 Å². The molecule has 0 radical (unpaired) electrons. The molecule has 0 unspecified atom stereocenters. The van der Waals surface area contributed by atoms with Gasteiger partial charge in [0.05, 0.1) is 0 Å². The molecule has 0 saturated carbocycles. The van der Waals surface area contributed by atoms with Crippen molar-refractivity contribution in [2.45, 2.75) is 85.5 Å². The van der Waals surface area contributed by atoms with Gasteiger partial charge in [-0.15, -0.1) is 0 Å². The van der Waals surface area contributed by atoms with Crippen LogP contribution in [0, 0.1) is 27.7 Å². The molecule has 386 valence electrons. The van der Waals surface area contributed by atoms with Crippen molar-refractivity contribution in [2.75, 3.05) is 9.80 Å². The van der Waals surface area contributed by atoms with Gasteiger partial charge in [0.25, 0.3) is 0 Å². The van der Waals surface area contributed by atoms with E-state index in [9.17, 15) is 0 Å². The summed E-state index contributed by atoms with van der Waals surface area (Å²) in [6, 6.07) is 77.5. The zero-order chi connectivity index (χ0) is 54.5. The standard InChI is InChI=1S/C77H68N2/c1-49-37-50(2)40-61(39-49)78(57-17-13-11-14-18-57)59-29-35-67-65-33-27-55(45-71(65)76(7,8)73(67)47-59)23-21-53-25-31-63-64-32-26-54(44-70(64)75(5,6)69(63)43-53)22-24-56-28-34-66-68-36-30-60(48-74(68)77(9,10)72(66)46-56)79(58-19-15-12-16-20-58)62-41-51(3)38-52(4)42-62/h11-48H,1-10H3. The average molecular weight is 1020 g/mol. The summed E-state index contributed by atoms with van der Waals surface area (Å²) in [7, 11) is 0. The smallest absolute Gasteiger partial charge is 0.0466 e. The molecule has 13 rings (SSSR count). The maximum absolute atomic E-state index is 2.43. The van der Waals surface area contributed by atoms with Gasteiger partial charge in [-0.25, -0.2) is 0 Å². The minimum atomic E-state index is -0.170. The number of fused-ring (bicyclic) bond motifs is 9. The Bertz CT molecular complexity index is 3840. The van der Waals surface area contributed by atoms with E-state index >= 15 is 0 Å². The second-order valence-corrected chi connectivity index (χ2v) is 24.3. The van der Waals surface area contributed by atoms with Crippen molar-refractivity contribution in [3.8, 4) is 33.4 Å². The van der Waals surface area contributed by atoms with Gasteiger partial charge in [0.15, 0.2) is 0 Å². The molecule has 2 heteroatoms. The highest BCUT2D eigenvalue weighted by Crippen LogP contribution is 2.54. The van der Waals surface area contributed by atoms with Crippen molar-refractivity contribution in [2.24, 2.45) is 0 Å². The molecule has 0 aliphatic heterocycles. The predicted octanol–water partition coefficient (Wildman–Crippen LogP) is 21.1. The van der Waals surface area contributed by atoms with Crippen LogP contribution in [0.15, 0.2) is 206 Å². The number of para-hydroxylation sites is 2. The first kappa shape index (κ1) is 49.8. The van der Waals surface area contributed by atoms with Crippen molar-refractivity contribution < 1.29 is 0 Å². The Hall–Kier alpha value is -8.72. The first-order chi connectivity index (χ1) is 38.0. The lowest BCUT2D eigenvalue weighted by Gasteiger charge is -2.28. The Morgan fingerprint density at radius 1 is 0.241 bits per heavy atom. The van der Waals surface area contributed by atoms with E-state index in [1.54, 1.807) is 0 Å². The Kier molecular flexibility index (Phi) is 11.8. The molecule has 0 aromatic heterocycles. The predicted molar refractivity (Wildman–Crippen MR) is 338 cm³/mol. The number of hydrogen-bond donors (Lipinski definition) is 0. The van der Waals surface area contributed by atoms with Crippen molar-refractivity contribution >= 4 is 58.4 Å². The molecular formula is C77H68N2. The van der Waals surface area contributed by atoms with Gasteiger partial charge in [0, 0.05) is 50.4 Å². The average Bonchev–Trinajstić information content (AvgIpc) is 4.01. The summed E-state index contributed by atoms with van der Waals surface area (Å²) in [5.74, 6) is 0. The van der Waals surface area contributed by atoms with Gasteiger partial charge in [-0.3, -0.25) is 0 Å². The molecule has 10 aromatic carbocycles. The zero-order valence-electron chi connectivity index (χ0n) is 47.3. The van der Waals surface area contributed by atoms with Crippen LogP contribution in [0.2, 0.25) is 0 Å². The van der Waals surface area contributed by atoms with Crippen LogP contribution in [0.25, 0.3) is 57.7 Å². The summed E-state index contributed by atoms with van der Waals surface area (Å²) >= 11 is 0. The van der Waals surface area contributed by atoms with E-state index in [-0.39, 0.29) is 16.2 Å². The van der Waals surface area contributed by atoms with Gasteiger partial charge < -0.3 is 9.80 Å². The van der Waals surface area contributed by atoms with Crippen LogP contribution in [0.1, 0.15) is 119 Å². The summed E-state index contributed by atoms with van der Waals surface area (Å²) in [5.41, 5.74) is 32.6. The SMILES string of the molecule is Cc1cc(C)cc(N(c2ccccc2)c2ccc3c(c2)C(C)(C)c2cc(C=Cc4ccc5c(c4)C(C)(C)c4cc(C=Cc6ccc7c(c6)C(C)(C)c6cc(N(c8ccccc8)c8cc(C)cc(C)c8)ccc6-7)ccc4-5)ccc2-3)c1. The van der Waals surface area contributed by atoms with Crippen LogP contribution in [-0.2, 0) is 16.2 Å². The Morgan fingerprint density at radius 2 is 0.494 bits per heavy atom. The van der Waals surface area contributed by atoms with E-state index in [1.165, 1.54) is 134 Å². The molecule has 0 N–H and O–H groups in total. The largest absolute Gasteiger partial charge is 0.310 e. The zero-order valence-corrected chi connectivity index (χ0v) is 47.3. The molecule has 2 nitrogen and oxygen atoms in total. The number of rotatable bonds is 10. The monoisotopic (exact) mass is 1020 g/mol. The van der Waals surface area contributed by atoms with Crippen LogP contribution in [0.4, 0.5) is 34.1 Å². The fourth-order valence-corrected chi connectivity index (χ4v) is 13.5. The second-order valence-electron chi connectivity index (χ2n) is 24.3. The molecule has 3 aliphatic rings. The van der Waals surface area contributed by atoms with Crippen molar-refractivity contribution in [3.05, 3.63) is 284 Å². The van der Waals surface area contributed by atoms with E-state index < -0.39 is 0 Å². The van der Waals surface area contributed by atoms with E-state index in [0.717, 1.165) is 11.4 Å². The molecule has 0 saturated heterocycles. The molecule has 0 bridgehead atoms. The highest BCUT2D eigenvalue weighted by atomic mass is 15.1. The lowest BCUT2D eigenvalue weighted by atomic mass is 9.81. The Morgan fingerprint density at radius 3 is 0.772 bits per heavy atom. The number of nitrogens with zero attached hydrogens (tertiary/aromatic N) is 2. The van der Waals surface area contributed by atoms with E-state index in [4.69, 9.17) is 0 Å². The molecule has 0 amide bonds. The molecule has 3 aliphatic carbocycles. The Labute approximate surface area is 468 Å². The lowest BCUT2D eigenvalue weighted by molar-refractivity contribution is 0.660. The fourth-order valence-electron chi connectivity index (χ4n) is 13.5. The third-order valence-electron chi connectivity index (χ3n) is 17.5. The van der Waals surface area contributed by atoms with Crippen LogP contribution in [-0.4, -0.2) is 0 Å². The third-order valence-corrected chi connectivity index (χ3v) is 17.5. The maximum atomic E-state index is 2.43. The van der Waals surface area contributed by atoms with E-state index in [2.05, 4.69) is 310 Å². The van der Waals surface area contributed by atoms with Crippen molar-refractivity contribution in [1.82, 2.24) is 0 Å². The number of hydrogen-bond acceptors (Lipinski definition) is 2. The van der Waals surface area contributed by atoms with E-state index in [1.807, 2.05) is 0 Å². The molecule has 10 aromatic rings. The number of benzene rings is 10. The maximum Gasteiger partial charge on any atom is 0.0466 e. The van der Waals surface area contributed by atoms with Gasteiger partial charge in [-0.1, -0.05) is 199 Å². The fraction of sp³-hybridized carbons (Fsp3) is 0.169. The highest BCUT2D eigenvalue weighted by Gasteiger charge is 2.39. The van der Waals surface area contributed by atoms with Gasteiger partial charge in [-0.2, -0.15) is 0 Å². The van der Waals surface area contributed by atoms with Crippen LogP contribution in [0.3, 0.4) is 0 Å². The minimum absolute atomic E-state index is 0.147. The summed E-state index contributed by atoms with van der Waals surface area (Å²) in [6.45, 7) is 23.1. The van der Waals surface area contributed by atoms with Crippen molar-refractivity contribution in [3.63, 3.8) is 0 Å². The van der Waals surface area contributed by atoms with Crippen LogP contribution >= 0.6 is 0 Å². The summed E-state index contributed by atoms with van der Waals surface area (Å²) in [4.78, 5) is 4.80. The molecule has 0 fully saturated rings. The van der Waals surface area contributed by atoms with Gasteiger partial charge in [0.2, 0.25) is 0 Å². The van der Waals surface area contributed by atoms with Crippen LogP contribution < -0.4 is 9.80 Å². The number of aryl methyl sites for hydroxylation is 4. The molecule has 79 heavy (non-hydrogen) atoms. The molecule has 0 spiro atoms. The molecule has 0 atom stereocenters. The Balaban J connectivity index is 0.733. The molecular weight excluding hydrogens is 953 g/mol.